The third-order valence-corrected chi connectivity index (χ3v) is 5.84. The van der Waals surface area contributed by atoms with Crippen molar-refractivity contribution in [3.05, 3.63) is 63.2 Å². The van der Waals surface area contributed by atoms with Gasteiger partial charge >= 0.3 is 0 Å². The van der Waals surface area contributed by atoms with Gasteiger partial charge in [-0.3, -0.25) is 10.2 Å². The van der Waals surface area contributed by atoms with E-state index in [0.717, 1.165) is 22.9 Å². The van der Waals surface area contributed by atoms with Crippen LogP contribution in [0.5, 0.6) is 0 Å². The number of anilines is 1. The minimum Gasteiger partial charge on any atom is -0.457 e. The van der Waals surface area contributed by atoms with Crippen LogP contribution in [0.2, 0.25) is 5.02 Å². The molecule has 5 nitrogen and oxygen atoms in total. The van der Waals surface area contributed by atoms with E-state index in [2.05, 4.69) is 4.98 Å². The largest absolute Gasteiger partial charge is 0.457 e. The number of aryl methyl sites for hydroxylation is 1. The summed E-state index contributed by atoms with van der Waals surface area (Å²) in [6.07, 6.45) is 3.26. The highest BCUT2D eigenvalue weighted by atomic mass is 35.5. The predicted octanol–water partition coefficient (Wildman–Crippen LogP) is 5.42. The summed E-state index contributed by atoms with van der Waals surface area (Å²) in [4.78, 5) is 18.4. The number of amides is 1. The molecule has 130 valence electrons. The first-order valence-corrected chi connectivity index (χ1v) is 9.69. The smallest absolute Gasteiger partial charge is 0.273 e. The number of furan rings is 1. The Labute approximate surface area is 162 Å². The predicted molar refractivity (Wildman–Crippen MR) is 107 cm³/mol. The van der Waals surface area contributed by atoms with Gasteiger partial charge in [-0.25, -0.2) is 9.88 Å². The molecule has 0 bridgehead atoms. The molecule has 2 aromatic heterocycles. The van der Waals surface area contributed by atoms with E-state index >= 15 is 0 Å². The Bertz CT molecular complexity index is 1040. The van der Waals surface area contributed by atoms with Gasteiger partial charge < -0.3 is 4.42 Å². The van der Waals surface area contributed by atoms with Gasteiger partial charge in [-0.15, -0.1) is 11.3 Å². The third-order valence-electron chi connectivity index (χ3n) is 3.79. The number of thioether (sulfide) groups is 1. The van der Waals surface area contributed by atoms with E-state index in [1.807, 2.05) is 31.2 Å². The second-order valence-corrected chi connectivity index (χ2v) is 7.85. The van der Waals surface area contributed by atoms with Gasteiger partial charge in [0.25, 0.3) is 5.91 Å². The van der Waals surface area contributed by atoms with E-state index < -0.39 is 0 Å². The van der Waals surface area contributed by atoms with Crippen LogP contribution in [0.1, 0.15) is 11.3 Å². The summed E-state index contributed by atoms with van der Waals surface area (Å²) in [6, 6.07) is 9.34. The fraction of sp³-hybridized carbons (Fsp3) is 0.0556. The lowest BCUT2D eigenvalue weighted by molar-refractivity contribution is -0.113. The molecule has 1 saturated heterocycles. The van der Waals surface area contributed by atoms with Crippen LogP contribution >= 0.6 is 34.7 Å². The van der Waals surface area contributed by atoms with Crippen molar-refractivity contribution in [1.82, 2.24) is 4.98 Å². The summed E-state index contributed by atoms with van der Waals surface area (Å²) in [6.45, 7) is 1.94. The zero-order valence-corrected chi connectivity index (χ0v) is 15.9. The van der Waals surface area contributed by atoms with Crippen molar-refractivity contribution < 1.29 is 9.21 Å². The molecule has 1 fully saturated rings. The maximum Gasteiger partial charge on any atom is 0.273 e. The van der Waals surface area contributed by atoms with Crippen molar-refractivity contribution >= 4 is 57.0 Å². The number of nitrogens with zero attached hydrogens (tertiary/aromatic N) is 2. The molecule has 1 N–H and O–H groups in total. The van der Waals surface area contributed by atoms with Crippen molar-refractivity contribution in [2.24, 2.45) is 0 Å². The van der Waals surface area contributed by atoms with Crippen LogP contribution < -0.4 is 4.90 Å². The Morgan fingerprint density at radius 1 is 1.31 bits per heavy atom. The van der Waals surface area contributed by atoms with Gasteiger partial charge in [0.15, 0.2) is 10.3 Å². The minimum absolute atomic E-state index is 0.133. The molecule has 26 heavy (non-hydrogen) atoms. The molecule has 3 heterocycles. The second-order valence-electron chi connectivity index (χ2n) is 5.54. The molecule has 1 aliphatic rings. The molecule has 0 unspecified atom stereocenters. The molecular weight excluding hydrogens is 390 g/mol. The van der Waals surface area contributed by atoms with Crippen LogP contribution in [0, 0.1) is 12.3 Å². The van der Waals surface area contributed by atoms with Crippen molar-refractivity contribution in [2.45, 2.75) is 6.92 Å². The summed E-state index contributed by atoms with van der Waals surface area (Å²) in [5, 5.41) is 11.1. The van der Waals surface area contributed by atoms with Crippen LogP contribution in [0.15, 0.2) is 51.2 Å². The minimum atomic E-state index is -0.272. The second kappa shape index (κ2) is 6.75. The highest BCUT2D eigenvalue weighted by molar-refractivity contribution is 8.19. The monoisotopic (exact) mass is 401 g/mol. The van der Waals surface area contributed by atoms with Crippen LogP contribution in [-0.2, 0) is 4.79 Å². The molecule has 1 aromatic carbocycles. The molecule has 8 heteroatoms. The van der Waals surface area contributed by atoms with E-state index in [-0.39, 0.29) is 11.1 Å². The maximum atomic E-state index is 12.6. The molecule has 0 spiro atoms. The number of hydrogen-bond acceptors (Lipinski definition) is 6. The summed E-state index contributed by atoms with van der Waals surface area (Å²) >= 11 is 8.58. The topological polar surface area (TPSA) is 70.2 Å². The van der Waals surface area contributed by atoms with Crippen molar-refractivity contribution in [2.75, 3.05) is 4.90 Å². The SMILES string of the molecule is Cc1ccc(-c2ccc(/C=C3\SC(=N)N(c4nccs4)C3=O)o2)cc1Cl. The quantitative estimate of drug-likeness (QED) is 0.595. The Morgan fingerprint density at radius 2 is 2.15 bits per heavy atom. The lowest BCUT2D eigenvalue weighted by atomic mass is 10.1. The van der Waals surface area contributed by atoms with Crippen molar-refractivity contribution in [3.8, 4) is 11.3 Å². The van der Waals surface area contributed by atoms with E-state index in [9.17, 15) is 4.79 Å². The molecule has 0 atom stereocenters. The molecule has 3 aromatic rings. The van der Waals surface area contributed by atoms with Gasteiger partial charge in [-0.05, 0) is 42.4 Å². The fourth-order valence-electron chi connectivity index (χ4n) is 2.45. The van der Waals surface area contributed by atoms with Gasteiger partial charge in [-0.1, -0.05) is 23.7 Å². The first-order chi connectivity index (χ1) is 12.5. The van der Waals surface area contributed by atoms with Gasteiger partial charge in [0, 0.05) is 28.2 Å². The third kappa shape index (κ3) is 3.09. The lowest BCUT2D eigenvalue weighted by Crippen LogP contribution is -2.27. The average Bonchev–Trinajstić information content (AvgIpc) is 3.33. The number of amidine groups is 1. The first-order valence-electron chi connectivity index (χ1n) is 7.61. The molecule has 0 radical (unpaired) electrons. The van der Waals surface area contributed by atoms with E-state index in [1.54, 1.807) is 23.7 Å². The number of rotatable bonds is 3. The fourth-order valence-corrected chi connectivity index (χ4v) is 4.15. The number of carbonyl (C=O) groups excluding carboxylic acids is 1. The summed E-state index contributed by atoms with van der Waals surface area (Å²) in [5.41, 5.74) is 1.87. The number of carbonyl (C=O) groups is 1. The molecular formula is C18H12ClN3O2S2. The van der Waals surface area contributed by atoms with E-state index in [1.165, 1.54) is 16.2 Å². The van der Waals surface area contributed by atoms with Gasteiger partial charge in [-0.2, -0.15) is 0 Å². The van der Waals surface area contributed by atoms with E-state index in [4.69, 9.17) is 21.4 Å². The number of benzene rings is 1. The normalized spacial score (nSPS) is 16.1. The Balaban J connectivity index is 1.61. The molecule has 4 rings (SSSR count). The van der Waals surface area contributed by atoms with Gasteiger partial charge in [0.1, 0.15) is 11.5 Å². The molecule has 0 saturated carbocycles. The number of nitrogens with one attached hydrogen (secondary N) is 1. The average molecular weight is 402 g/mol. The van der Waals surface area contributed by atoms with Gasteiger partial charge in [0.2, 0.25) is 0 Å². The standard InChI is InChI=1S/C18H12ClN3O2S2/c1-10-2-3-11(8-13(10)19)14-5-4-12(24-14)9-15-16(23)22(17(20)26-15)18-21-6-7-25-18/h2-9,20H,1H3/b15-9-,20-17?. The molecule has 0 aliphatic carbocycles. The van der Waals surface area contributed by atoms with Crippen molar-refractivity contribution in [1.29, 1.82) is 5.41 Å². The highest BCUT2D eigenvalue weighted by Crippen LogP contribution is 2.36. The Morgan fingerprint density at radius 3 is 2.88 bits per heavy atom. The van der Waals surface area contributed by atoms with E-state index in [0.29, 0.717) is 26.6 Å². The number of halogens is 1. The molecule has 1 aliphatic heterocycles. The maximum absolute atomic E-state index is 12.6. The Kier molecular flexibility index (Phi) is 4.44. The number of aromatic nitrogens is 1. The Hall–Kier alpha value is -2.35. The summed E-state index contributed by atoms with van der Waals surface area (Å²) in [5.74, 6) is 0.939. The highest BCUT2D eigenvalue weighted by Gasteiger charge is 2.35. The number of thiazole rings is 1. The summed E-state index contributed by atoms with van der Waals surface area (Å²) < 4.78 is 5.83. The van der Waals surface area contributed by atoms with Crippen LogP contribution in [0.25, 0.3) is 17.4 Å². The zero-order valence-electron chi connectivity index (χ0n) is 13.5. The van der Waals surface area contributed by atoms with Crippen LogP contribution in [-0.4, -0.2) is 16.1 Å². The van der Waals surface area contributed by atoms with Crippen LogP contribution in [0.3, 0.4) is 0 Å². The number of hydrogen-bond donors (Lipinski definition) is 1. The van der Waals surface area contributed by atoms with Gasteiger partial charge in [0.05, 0.1) is 4.91 Å². The first kappa shape index (κ1) is 17.1. The lowest BCUT2D eigenvalue weighted by Gasteiger charge is -2.08. The van der Waals surface area contributed by atoms with Crippen molar-refractivity contribution in [3.63, 3.8) is 0 Å². The molecule has 1 amide bonds. The zero-order chi connectivity index (χ0) is 18.3. The summed E-state index contributed by atoms with van der Waals surface area (Å²) in [7, 11) is 0. The van der Waals surface area contributed by atoms with Crippen LogP contribution in [0.4, 0.5) is 5.13 Å².